The van der Waals surface area contributed by atoms with Crippen molar-refractivity contribution in [2.75, 3.05) is 11.1 Å². The van der Waals surface area contributed by atoms with Crippen LogP contribution in [0.3, 0.4) is 0 Å². The summed E-state index contributed by atoms with van der Waals surface area (Å²) in [5.41, 5.74) is 5.69. The average Bonchev–Trinajstić information content (AvgIpc) is 2.75. The number of amides is 1. The van der Waals surface area contributed by atoms with Gasteiger partial charge in [0, 0.05) is 11.3 Å². The van der Waals surface area contributed by atoms with E-state index in [2.05, 4.69) is 25.3 Å². The van der Waals surface area contributed by atoms with Gasteiger partial charge in [0.1, 0.15) is 6.42 Å². The summed E-state index contributed by atoms with van der Waals surface area (Å²) in [5.74, 6) is -9.43. The highest BCUT2D eigenvalue weighted by Crippen LogP contribution is 2.24. The maximum absolute atomic E-state index is 13.9. The van der Waals surface area contributed by atoms with Gasteiger partial charge in [-0.3, -0.25) is 19.4 Å². The number of H-pyrrole nitrogens is 1. The van der Waals surface area contributed by atoms with E-state index in [-0.39, 0.29) is 29.2 Å². The number of aromatic amines is 1. The van der Waals surface area contributed by atoms with Crippen LogP contribution in [0.1, 0.15) is 22.5 Å². The predicted molar refractivity (Wildman–Crippen MR) is 112 cm³/mol. The van der Waals surface area contributed by atoms with E-state index in [1.807, 2.05) is 0 Å². The Bertz CT molecular complexity index is 1310. The Kier molecular flexibility index (Phi) is 6.65. The number of aliphatic carboxylic acids is 2. The van der Waals surface area contributed by atoms with Crippen molar-refractivity contribution in [2.24, 2.45) is 0 Å². The largest absolute Gasteiger partial charge is 0.481 e. The first kappa shape index (κ1) is 24.0. The lowest BCUT2D eigenvalue weighted by atomic mass is 10.1. The van der Waals surface area contributed by atoms with Crippen molar-refractivity contribution in [3.05, 3.63) is 52.1 Å². The Morgan fingerprint density at radius 2 is 1.82 bits per heavy atom. The van der Waals surface area contributed by atoms with E-state index in [1.54, 1.807) is 5.32 Å². The molecule has 1 aromatic carbocycles. The van der Waals surface area contributed by atoms with Gasteiger partial charge in [0.15, 0.2) is 17.2 Å². The molecule has 0 aliphatic heterocycles. The number of carbonyl (C=O) groups is 3. The summed E-state index contributed by atoms with van der Waals surface area (Å²) in [6.45, 7) is 0.126. The van der Waals surface area contributed by atoms with Crippen LogP contribution >= 0.6 is 0 Å². The minimum Gasteiger partial charge on any atom is -0.481 e. The molecule has 3 aromatic rings. The van der Waals surface area contributed by atoms with Gasteiger partial charge in [-0.25, -0.2) is 23.5 Å². The number of hydrogen-bond donors (Lipinski definition) is 6. The number of carboxylic acid groups (broad SMARTS) is 2. The number of nitrogens with zero attached hydrogens (tertiary/aromatic N) is 3. The van der Waals surface area contributed by atoms with Gasteiger partial charge in [0.2, 0.25) is 5.95 Å². The lowest BCUT2D eigenvalue weighted by Crippen LogP contribution is -2.53. The number of fused-ring (bicyclic) bond motifs is 1. The smallest absolute Gasteiger partial charge is 0.332 e. The molecule has 2 heterocycles. The molecule has 34 heavy (non-hydrogen) atoms. The zero-order chi connectivity index (χ0) is 25.0. The van der Waals surface area contributed by atoms with Gasteiger partial charge in [-0.2, -0.15) is 4.98 Å². The van der Waals surface area contributed by atoms with E-state index in [4.69, 9.17) is 15.9 Å². The molecule has 1 amide bonds. The van der Waals surface area contributed by atoms with Crippen molar-refractivity contribution in [2.45, 2.75) is 24.9 Å². The molecule has 0 spiro atoms. The van der Waals surface area contributed by atoms with E-state index in [0.717, 1.165) is 0 Å². The second kappa shape index (κ2) is 9.43. The summed E-state index contributed by atoms with van der Waals surface area (Å²) >= 11 is 0. The lowest BCUT2D eigenvalue weighted by molar-refractivity contribution is -0.157. The Morgan fingerprint density at radius 1 is 1.15 bits per heavy atom. The summed E-state index contributed by atoms with van der Waals surface area (Å²) in [6, 6.07) is 2.60. The van der Waals surface area contributed by atoms with Crippen LogP contribution in [0.5, 0.6) is 0 Å². The summed E-state index contributed by atoms with van der Waals surface area (Å²) in [6.07, 6.45) is -0.382. The Hall–Kier alpha value is -4.69. The SMILES string of the molecule is Nc1nc2ncc(CNc3ccc(C(=O)N[C@@H](C(=O)O)C(F)(F)CC(=O)O)cc3)nc2c(=O)[nH]1. The number of carbonyl (C=O) groups excluding carboxylic acids is 1. The van der Waals surface area contributed by atoms with Gasteiger partial charge in [-0.05, 0) is 24.3 Å². The molecule has 178 valence electrons. The number of benzene rings is 1. The highest BCUT2D eigenvalue weighted by atomic mass is 19.3. The molecule has 0 bridgehead atoms. The fourth-order valence-electron chi connectivity index (χ4n) is 2.85. The van der Waals surface area contributed by atoms with E-state index in [9.17, 15) is 28.0 Å². The number of halogens is 2. The molecule has 0 unspecified atom stereocenters. The van der Waals surface area contributed by atoms with Crippen molar-refractivity contribution < 1.29 is 33.4 Å². The second-order valence-corrected chi connectivity index (χ2v) is 6.99. The standard InChI is InChI=1S/C19H17F2N7O6/c20-19(21,5-11(29)30)13(17(33)34)26-15(31)8-1-3-9(4-2-8)23-6-10-7-24-14-12(25-10)16(32)28-18(22)27-14/h1-4,7,13,23H,5-6H2,(H,26,31)(H,29,30)(H,33,34)(H3,22,24,27,28,32)/t13-/m0/s1. The fourth-order valence-corrected chi connectivity index (χ4v) is 2.85. The summed E-state index contributed by atoms with van der Waals surface area (Å²) in [5, 5.41) is 22.1. The highest BCUT2D eigenvalue weighted by molar-refractivity contribution is 5.97. The third kappa shape index (κ3) is 5.56. The van der Waals surface area contributed by atoms with Gasteiger partial charge in [0.05, 0.1) is 18.4 Å². The first-order valence-corrected chi connectivity index (χ1v) is 9.45. The molecule has 2 aromatic heterocycles. The van der Waals surface area contributed by atoms with Crippen molar-refractivity contribution in [1.82, 2.24) is 25.3 Å². The average molecular weight is 477 g/mol. The van der Waals surface area contributed by atoms with Gasteiger partial charge < -0.3 is 26.6 Å². The van der Waals surface area contributed by atoms with Gasteiger partial charge in [-0.1, -0.05) is 0 Å². The number of anilines is 2. The number of nitrogen functional groups attached to an aromatic ring is 1. The monoisotopic (exact) mass is 477 g/mol. The van der Waals surface area contributed by atoms with Crippen LogP contribution in [0.2, 0.25) is 0 Å². The zero-order valence-electron chi connectivity index (χ0n) is 17.1. The fraction of sp³-hybridized carbons (Fsp3) is 0.211. The highest BCUT2D eigenvalue weighted by Gasteiger charge is 2.47. The molecule has 0 saturated carbocycles. The minimum absolute atomic E-state index is 0.00629. The van der Waals surface area contributed by atoms with Crippen LogP contribution in [0.15, 0.2) is 35.3 Å². The minimum atomic E-state index is -4.21. The van der Waals surface area contributed by atoms with Crippen molar-refractivity contribution in [3.8, 4) is 0 Å². The summed E-state index contributed by atoms with van der Waals surface area (Å²) in [7, 11) is 0. The van der Waals surface area contributed by atoms with Gasteiger partial charge in [0.25, 0.3) is 17.4 Å². The number of hydrogen-bond acceptors (Lipinski definition) is 9. The Morgan fingerprint density at radius 3 is 2.44 bits per heavy atom. The molecule has 0 aliphatic rings. The van der Waals surface area contributed by atoms with Crippen LogP contribution in [-0.4, -0.2) is 60.0 Å². The maximum Gasteiger partial charge on any atom is 0.332 e. The van der Waals surface area contributed by atoms with Crippen LogP contribution in [0, 0.1) is 0 Å². The van der Waals surface area contributed by atoms with Crippen molar-refractivity contribution in [1.29, 1.82) is 0 Å². The molecular weight excluding hydrogens is 460 g/mol. The molecular formula is C19H17F2N7O6. The van der Waals surface area contributed by atoms with Crippen LogP contribution in [0.25, 0.3) is 11.2 Å². The van der Waals surface area contributed by atoms with Crippen LogP contribution < -0.4 is 21.9 Å². The number of nitrogens with one attached hydrogen (secondary N) is 3. The third-order valence-electron chi connectivity index (χ3n) is 4.44. The van der Waals surface area contributed by atoms with E-state index >= 15 is 0 Å². The Balaban J connectivity index is 1.67. The van der Waals surface area contributed by atoms with Crippen LogP contribution in [0.4, 0.5) is 20.4 Å². The zero-order valence-corrected chi connectivity index (χ0v) is 17.1. The summed E-state index contributed by atoms with van der Waals surface area (Å²) < 4.78 is 27.8. The predicted octanol–water partition coefficient (Wildman–Crippen LogP) is 0.200. The summed E-state index contributed by atoms with van der Waals surface area (Å²) in [4.78, 5) is 60.2. The van der Waals surface area contributed by atoms with Crippen LogP contribution in [-0.2, 0) is 16.1 Å². The lowest BCUT2D eigenvalue weighted by Gasteiger charge is -2.23. The number of alkyl halides is 2. The molecule has 15 heteroatoms. The first-order valence-electron chi connectivity index (χ1n) is 9.45. The second-order valence-electron chi connectivity index (χ2n) is 6.99. The molecule has 0 fully saturated rings. The van der Waals surface area contributed by atoms with Gasteiger partial charge >= 0.3 is 11.9 Å². The van der Waals surface area contributed by atoms with Crippen molar-refractivity contribution >= 4 is 40.6 Å². The maximum atomic E-state index is 13.9. The number of rotatable bonds is 9. The first-order chi connectivity index (χ1) is 16.0. The third-order valence-corrected chi connectivity index (χ3v) is 4.44. The number of aromatic nitrogens is 4. The Labute approximate surface area is 188 Å². The molecule has 0 saturated heterocycles. The number of nitrogens with two attached hydrogens (primary N) is 1. The van der Waals surface area contributed by atoms with E-state index in [0.29, 0.717) is 11.4 Å². The normalized spacial score (nSPS) is 12.2. The van der Waals surface area contributed by atoms with E-state index in [1.165, 1.54) is 30.5 Å². The molecule has 0 radical (unpaired) electrons. The topological polar surface area (TPSA) is 213 Å². The van der Waals surface area contributed by atoms with Crippen molar-refractivity contribution in [3.63, 3.8) is 0 Å². The molecule has 1 atom stereocenters. The van der Waals surface area contributed by atoms with E-state index < -0.39 is 41.8 Å². The number of carboxylic acids is 2. The molecule has 0 aliphatic carbocycles. The molecule has 3 rings (SSSR count). The quantitative estimate of drug-likeness (QED) is 0.245. The van der Waals surface area contributed by atoms with Gasteiger partial charge in [-0.15, -0.1) is 0 Å². The molecule has 7 N–H and O–H groups in total. The molecule has 13 nitrogen and oxygen atoms in total.